The number of phenols is 1. The molecule has 4 rings (SSSR count). The summed E-state index contributed by atoms with van der Waals surface area (Å²) in [4.78, 5) is 4.59. The molecule has 3 aromatic rings. The van der Waals surface area contributed by atoms with Crippen molar-refractivity contribution in [3.8, 4) is 17.1 Å². The Morgan fingerprint density at radius 1 is 1.19 bits per heavy atom. The fraction of sp³-hybridized carbons (Fsp3) is 0.188. The minimum absolute atomic E-state index is 0.244. The fourth-order valence-electron chi connectivity index (χ4n) is 2.63. The molecule has 0 aliphatic heterocycles. The summed E-state index contributed by atoms with van der Waals surface area (Å²) < 4.78 is 16.4. The quantitative estimate of drug-likeness (QED) is 0.651. The molecule has 106 valence electrons. The summed E-state index contributed by atoms with van der Waals surface area (Å²) in [6.45, 7) is 0. The largest absolute Gasteiger partial charge is 0.507 e. The molecule has 1 aliphatic rings. The summed E-state index contributed by atoms with van der Waals surface area (Å²) >= 11 is 2.09. The maximum absolute atomic E-state index is 13.4. The third kappa shape index (κ3) is 2.19. The fourth-order valence-corrected chi connectivity index (χ4v) is 2.97. The smallest absolute Gasteiger partial charge is 0.141 e. The van der Waals surface area contributed by atoms with Gasteiger partial charge in [0.05, 0.1) is 14.6 Å². The summed E-state index contributed by atoms with van der Waals surface area (Å²) in [6.07, 6.45) is 2.23. The molecule has 5 heteroatoms. The van der Waals surface area contributed by atoms with Crippen LogP contribution < -0.4 is 0 Å². The van der Waals surface area contributed by atoms with Gasteiger partial charge in [0.25, 0.3) is 0 Å². The second kappa shape index (κ2) is 4.69. The number of aromatic nitrogens is 2. The Hall–Kier alpha value is -1.63. The average molecular weight is 394 g/mol. The molecule has 2 aromatic carbocycles. The number of hydrogen-bond donors (Lipinski definition) is 1. The van der Waals surface area contributed by atoms with Gasteiger partial charge in [-0.05, 0) is 65.8 Å². The lowest BCUT2D eigenvalue weighted by Crippen LogP contribution is -1.97. The van der Waals surface area contributed by atoms with Crippen molar-refractivity contribution in [2.45, 2.75) is 18.9 Å². The molecule has 1 N–H and O–H groups in total. The van der Waals surface area contributed by atoms with Crippen molar-refractivity contribution >= 4 is 33.6 Å². The second-order valence-electron chi connectivity index (χ2n) is 5.34. The molecule has 0 radical (unpaired) electrons. The van der Waals surface area contributed by atoms with Gasteiger partial charge in [0, 0.05) is 17.7 Å². The first-order valence-corrected chi connectivity index (χ1v) is 7.88. The van der Waals surface area contributed by atoms with E-state index in [1.165, 1.54) is 12.1 Å². The second-order valence-corrected chi connectivity index (χ2v) is 6.50. The lowest BCUT2D eigenvalue weighted by Gasteiger charge is -2.08. The Bertz CT molecular complexity index is 855. The van der Waals surface area contributed by atoms with Gasteiger partial charge < -0.3 is 9.67 Å². The standard InChI is InChI=1S/C16H12FIN2O/c17-10-2-6-14-13(8-10)19-16(20(14)11-3-4-11)9-1-5-12(18)15(21)7-9/h1-2,5-8,11,21H,3-4H2. The highest BCUT2D eigenvalue weighted by Gasteiger charge is 2.28. The summed E-state index contributed by atoms with van der Waals surface area (Å²) in [5, 5.41) is 9.92. The number of imidazole rings is 1. The Balaban J connectivity index is 1.98. The number of fused-ring (bicyclic) bond motifs is 1. The average Bonchev–Trinajstić information content (AvgIpc) is 3.22. The maximum Gasteiger partial charge on any atom is 0.141 e. The molecule has 21 heavy (non-hydrogen) atoms. The summed E-state index contributed by atoms with van der Waals surface area (Å²) in [7, 11) is 0. The topological polar surface area (TPSA) is 38.1 Å². The zero-order valence-electron chi connectivity index (χ0n) is 11.1. The zero-order chi connectivity index (χ0) is 14.6. The van der Waals surface area contributed by atoms with Gasteiger partial charge in [0.1, 0.15) is 17.4 Å². The summed E-state index contributed by atoms with van der Waals surface area (Å²) in [5.74, 6) is 0.762. The first kappa shape index (κ1) is 13.1. The molecule has 0 bridgehead atoms. The van der Waals surface area contributed by atoms with Crippen LogP contribution in [0.4, 0.5) is 4.39 Å². The molecule has 1 heterocycles. The predicted molar refractivity (Wildman–Crippen MR) is 87.8 cm³/mol. The van der Waals surface area contributed by atoms with Crippen molar-refractivity contribution in [2.24, 2.45) is 0 Å². The third-order valence-electron chi connectivity index (χ3n) is 3.77. The van der Waals surface area contributed by atoms with Gasteiger partial charge in [0.2, 0.25) is 0 Å². The molecule has 0 amide bonds. The van der Waals surface area contributed by atoms with Gasteiger partial charge in [0.15, 0.2) is 0 Å². The van der Waals surface area contributed by atoms with E-state index in [9.17, 15) is 9.50 Å². The van der Waals surface area contributed by atoms with Crippen LogP contribution in [-0.4, -0.2) is 14.7 Å². The van der Waals surface area contributed by atoms with E-state index in [4.69, 9.17) is 0 Å². The minimum Gasteiger partial charge on any atom is -0.507 e. The first-order valence-electron chi connectivity index (χ1n) is 6.80. The van der Waals surface area contributed by atoms with Gasteiger partial charge >= 0.3 is 0 Å². The van der Waals surface area contributed by atoms with Crippen molar-refractivity contribution in [1.29, 1.82) is 0 Å². The van der Waals surface area contributed by atoms with E-state index in [1.807, 2.05) is 12.1 Å². The molecule has 0 unspecified atom stereocenters. The number of benzene rings is 2. The molecular formula is C16H12FIN2O. The normalized spacial score (nSPS) is 14.8. The number of aromatic hydroxyl groups is 1. The number of nitrogens with zero attached hydrogens (tertiary/aromatic N) is 2. The first-order chi connectivity index (χ1) is 10.1. The van der Waals surface area contributed by atoms with Crippen LogP contribution >= 0.6 is 22.6 Å². The maximum atomic E-state index is 13.4. The molecule has 0 saturated heterocycles. The minimum atomic E-state index is -0.278. The van der Waals surface area contributed by atoms with Crippen molar-refractivity contribution in [1.82, 2.24) is 9.55 Å². The van der Waals surface area contributed by atoms with Crippen LogP contribution in [0.15, 0.2) is 36.4 Å². The molecule has 1 saturated carbocycles. The van der Waals surface area contributed by atoms with Crippen LogP contribution in [0.25, 0.3) is 22.4 Å². The molecule has 0 spiro atoms. The molecule has 0 atom stereocenters. The molecular weight excluding hydrogens is 382 g/mol. The van der Waals surface area contributed by atoms with Crippen LogP contribution in [0.1, 0.15) is 18.9 Å². The van der Waals surface area contributed by atoms with E-state index in [-0.39, 0.29) is 11.6 Å². The lowest BCUT2D eigenvalue weighted by atomic mass is 10.2. The van der Waals surface area contributed by atoms with E-state index in [1.54, 1.807) is 12.1 Å². The van der Waals surface area contributed by atoms with Crippen molar-refractivity contribution in [2.75, 3.05) is 0 Å². The highest BCUT2D eigenvalue weighted by Crippen LogP contribution is 2.41. The monoisotopic (exact) mass is 394 g/mol. The van der Waals surface area contributed by atoms with Gasteiger partial charge in [-0.25, -0.2) is 9.37 Å². The van der Waals surface area contributed by atoms with Gasteiger partial charge in [-0.15, -0.1) is 0 Å². The van der Waals surface area contributed by atoms with E-state index in [2.05, 4.69) is 32.1 Å². The molecule has 1 fully saturated rings. The van der Waals surface area contributed by atoms with Gasteiger partial charge in [-0.1, -0.05) is 0 Å². The molecule has 3 nitrogen and oxygen atoms in total. The number of rotatable bonds is 2. The van der Waals surface area contributed by atoms with Crippen LogP contribution in [-0.2, 0) is 0 Å². The van der Waals surface area contributed by atoms with Crippen molar-refractivity contribution in [3.05, 3.63) is 45.8 Å². The van der Waals surface area contributed by atoms with Crippen LogP contribution in [0, 0.1) is 9.39 Å². The summed E-state index contributed by atoms with van der Waals surface area (Å²) in [6, 6.07) is 10.7. The number of hydrogen-bond acceptors (Lipinski definition) is 2. The molecule has 1 aromatic heterocycles. The van der Waals surface area contributed by atoms with Crippen molar-refractivity contribution < 1.29 is 9.50 Å². The van der Waals surface area contributed by atoms with E-state index in [0.29, 0.717) is 11.6 Å². The molecule has 1 aliphatic carbocycles. The highest BCUT2D eigenvalue weighted by atomic mass is 127. The predicted octanol–water partition coefficient (Wildman–Crippen LogP) is 4.49. The Kier molecular flexibility index (Phi) is 2.92. The van der Waals surface area contributed by atoms with Crippen LogP contribution in [0.2, 0.25) is 0 Å². The van der Waals surface area contributed by atoms with E-state index < -0.39 is 0 Å². The lowest BCUT2D eigenvalue weighted by molar-refractivity contribution is 0.471. The van der Waals surface area contributed by atoms with Gasteiger partial charge in [-0.3, -0.25) is 0 Å². The van der Waals surface area contributed by atoms with Crippen molar-refractivity contribution in [3.63, 3.8) is 0 Å². The SMILES string of the molecule is Oc1cc(-c2nc3cc(F)ccc3n2C2CC2)ccc1I. The third-order valence-corrected chi connectivity index (χ3v) is 4.68. The van der Waals surface area contributed by atoms with E-state index in [0.717, 1.165) is 33.3 Å². The Morgan fingerprint density at radius 3 is 2.71 bits per heavy atom. The number of halogens is 2. The Labute approximate surface area is 134 Å². The van der Waals surface area contributed by atoms with Gasteiger partial charge in [-0.2, -0.15) is 0 Å². The Morgan fingerprint density at radius 2 is 2.00 bits per heavy atom. The summed E-state index contributed by atoms with van der Waals surface area (Å²) in [5.41, 5.74) is 2.47. The number of phenolic OH excluding ortho intramolecular Hbond substituents is 1. The zero-order valence-corrected chi connectivity index (χ0v) is 13.2. The highest BCUT2D eigenvalue weighted by molar-refractivity contribution is 14.1. The van der Waals surface area contributed by atoms with Crippen LogP contribution in [0.5, 0.6) is 5.75 Å². The van der Waals surface area contributed by atoms with Crippen LogP contribution in [0.3, 0.4) is 0 Å². The van der Waals surface area contributed by atoms with E-state index >= 15 is 0 Å².